The SMILES string of the molecule is CO[C@@H]1COCC[C@@H]1CC1CCN(C(=O)c2ccnc(N3CCc4ccc(C(F)(F)F)cc4C3)c2C)CC1. The maximum atomic E-state index is 13.5. The molecule has 2 fully saturated rings. The Labute approximate surface area is 222 Å². The Morgan fingerprint density at radius 1 is 1.13 bits per heavy atom. The molecule has 1 aromatic heterocycles. The third-order valence-electron chi connectivity index (χ3n) is 8.53. The molecular weight excluding hydrogens is 495 g/mol. The van der Waals surface area contributed by atoms with Crippen molar-refractivity contribution in [3.8, 4) is 0 Å². The lowest BCUT2D eigenvalue weighted by molar-refractivity contribution is -0.137. The van der Waals surface area contributed by atoms with Gasteiger partial charge < -0.3 is 19.3 Å². The van der Waals surface area contributed by atoms with Crippen LogP contribution in [0, 0.1) is 18.8 Å². The number of anilines is 1. The lowest BCUT2D eigenvalue weighted by Crippen LogP contribution is -2.41. The van der Waals surface area contributed by atoms with E-state index in [0.717, 1.165) is 62.6 Å². The second kappa shape index (κ2) is 11.2. The van der Waals surface area contributed by atoms with Crippen LogP contribution in [0.3, 0.4) is 0 Å². The first-order valence-corrected chi connectivity index (χ1v) is 13.5. The highest BCUT2D eigenvalue weighted by molar-refractivity contribution is 5.96. The number of alkyl halides is 3. The van der Waals surface area contributed by atoms with E-state index in [2.05, 4.69) is 4.98 Å². The number of rotatable bonds is 5. The van der Waals surface area contributed by atoms with Crippen LogP contribution in [0.1, 0.15) is 58.3 Å². The fraction of sp³-hybridized carbons (Fsp3) is 0.586. The summed E-state index contributed by atoms with van der Waals surface area (Å²) in [4.78, 5) is 22.0. The molecule has 0 radical (unpaired) electrons. The van der Waals surface area contributed by atoms with Crippen molar-refractivity contribution in [2.24, 2.45) is 11.8 Å². The van der Waals surface area contributed by atoms with Gasteiger partial charge in [-0.2, -0.15) is 13.2 Å². The highest BCUT2D eigenvalue weighted by atomic mass is 19.4. The molecule has 5 rings (SSSR count). The van der Waals surface area contributed by atoms with Crippen molar-refractivity contribution in [2.45, 2.75) is 57.9 Å². The lowest BCUT2D eigenvalue weighted by Gasteiger charge is -2.37. The number of amides is 1. The molecule has 38 heavy (non-hydrogen) atoms. The molecule has 0 aliphatic carbocycles. The molecular formula is C29H36F3N3O3. The van der Waals surface area contributed by atoms with E-state index in [1.54, 1.807) is 25.4 Å². The average molecular weight is 532 g/mol. The van der Waals surface area contributed by atoms with Crippen LogP contribution < -0.4 is 4.90 Å². The first kappa shape index (κ1) is 26.9. The van der Waals surface area contributed by atoms with Crippen LogP contribution in [-0.2, 0) is 28.6 Å². The summed E-state index contributed by atoms with van der Waals surface area (Å²) in [6, 6.07) is 5.74. The van der Waals surface area contributed by atoms with E-state index < -0.39 is 11.7 Å². The lowest BCUT2D eigenvalue weighted by atomic mass is 9.82. The van der Waals surface area contributed by atoms with Gasteiger partial charge in [0.1, 0.15) is 5.82 Å². The number of piperidine rings is 1. The van der Waals surface area contributed by atoms with E-state index in [0.29, 0.717) is 54.9 Å². The number of pyridine rings is 1. The highest BCUT2D eigenvalue weighted by Gasteiger charge is 2.33. The van der Waals surface area contributed by atoms with Gasteiger partial charge in [0.05, 0.1) is 18.3 Å². The first-order valence-electron chi connectivity index (χ1n) is 13.5. The van der Waals surface area contributed by atoms with E-state index in [4.69, 9.17) is 9.47 Å². The number of carbonyl (C=O) groups excluding carboxylic acids is 1. The zero-order valence-electron chi connectivity index (χ0n) is 22.1. The highest BCUT2D eigenvalue weighted by Crippen LogP contribution is 2.35. The van der Waals surface area contributed by atoms with Crippen LogP contribution in [0.4, 0.5) is 19.0 Å². The molecule has 3 aliphatic heterocycles. The summed E-state index contributed by atoms with van der Waals surface area (Å²) in [7, 11) is 1.75. The molecule has 6 nitrogen and oxygen atoms in total. The zero-order chi connectivity index (χ0) is 26.9. The molecule has 0 bridgehead atoms. The maximum absolute atomic E-state index is 13.5. The van der Waals surface area contributed by atoms with Crippen molar-refractivity contribution in [3.05, 3.63) is 58.3 Å². The van der Waals surface area contributed by atoms with Gasteiger partial charge in [0, 0.05) is 57.2 Å². The second-order valence-corrected chi connectivity index (χ2v) is 10.8. The van der Waals surface area contributed by atoms with E-state index in [-0.39, 0.29) is 12.0 Å². The number of hydrogen-bond acceptors (Lipinski definition) is 5. The number of ether oxygens (including phenoxy) is 2. The summed E-state index contributed by atoms with van der Waals surface area (Å²) in [6.45, 7) is 5.76. The third-order valence-corrected chi connectivity index (χ3v) is 8.53. The van der Waals surface area contributed by atoms with E-state index in [1.807, 2.05) is 16.7 Å². The first-order chi connectivity index (χ1) is 18.2. The Kier molecular flexibility index (Phi) is 7.95. The predicted octanol–water partition coefficient (Wildman–Crippen LogP) is 5.27. The molecule has 0 spiro atoms. The van der Waals surface area contributed by atoms with Crippen LogP contribution in [-0.4, -0.2) is 61.9 Å². The summed E-state index contributed by atoms with van der Waals surface area (Å²) >= 11 is 0. The molecule has 1 amide bonds. The predicted molar refractivity (Wildman–Crippen MR) is 138 cm³/mol. The van der Waals surface area contributed by atoms with Gasteiger partial charge in [-0.3, -0.25) is 4.79 Å². The molecule has 2 saturated heterocycles. The monoisotopic (exact) mass is 531 g/mol. The molecule has 4 heterocycles. The molecule has 206 valence electrons. The molecule has 0 unspecified atom stereocenters. The van der Waals surface area contributed by atoms with E-state index in [1.165, 1.54) is 6.07 Å². The Hall–Kier alpha value is -2.65. The van der Waals surface area contributed by atoms with Crippen molar-refractivity contribution in [2.75, 3.05) is 44.9 Å². The normalized spacial score (nSPS) is 22.9. The molecule has 9 heteroatoms. The number of fused-ring (bicyclic) bond motifs is 1. The summed E-state index contributed by atoms with van der Waals surface area (Å²) < 4.78 is 51.0. The maximum Gasteiger partial charge on any atom is 0.416 e. The molecule has 3 aliphatic rings. The smallest absolute Gasteiger partial charge is 0.379 e. The van der Waals surface area contributed by atoms with Crippen molar-refractivity contribution in [1.29, 1.82) is 0 Å². The number of halogens is 3. The third kappa shape index (κ3) is 5.69. The molecule has 1 aromatic carbocycles. The topological polar surface area (TPSA) is 54.9 Å². The van der Waals surface area contributed by atoms with Crippen molar-refractivity contribution in [1.82, 2.24) is 9.88 Å². The Balaban J connectivity index is 1.24. The Morgan fingerprint density at radius 2 is 1.92 bits per heavy atom. The average Bonchev–Trinajstić information content (AvgIpc) is 2.92. The second-order valence-electron chi connectivity index (χ2n) is 10.8. The van der Waals surface area contributed by atoms with Gasteiger partial charge in [-0.05, 0) is 80.2 Å². The van der Waals surface area contributed by atoms with Crippen LogP contribution in [0.25, 0.3) is 0 Å². The largest absolute Gasteiger partial charge is 0.416 e. The van der Waals surface area contributed by atoms with Gasteiger partial charge in [-0.15, -0.1) is 0 Å². The summed E-state index contributed by atoms with van der Waals surface area (Å²) in [5.74, 6) is 1.75. The van der Waals surface area contributed by atoms with Gasteiger partial charge >= 0.3 is 6.18 Å². The molecule has 0 N–H and O–H groups in total. The van der Waals surface area contributed by atoms with Gasteiger partial charge in [-0.1, -0.05) is 6.07 Å². The number of carbonyl (C=O) groups is 1. The van der Waals surface area contributed by atoms with E-state index >= 15 is 0 Å². The molecule has 2 atom stereocenters. The van der Waals surface area contributed by atoms with E-state index in [9.17, 15) is 18.0 Å². The number of aromatic nitrogens is 1. The van der Waals surface area contributed by atoms with Crippen molar-refractivity contribution >= 4 is 11.7 Å². The number of nitrogens with zero attached hydrogens (tertiary/aromatic N) is 3. The standard InChI is InChI=1S/C29H36F3N3O3/c1-19-25(28(36)34-11-6-20(7-12-34)15-22-9-14-38-18-26(22)37-2)5-10-33-27(19)35-13-8-21-3-4-24(29(30,31)32)16-23(21)17-35/h3-5,10,16,20,22,26H,6-9,11-15,17-18H2,1-2H3/t22-,26-/m1/s1. The van der Waals surface area contributed by atoms with Gasteiger partial charge in [0.25, 0.3) is 5.91 Å². The summed E-state index contributed by atoms with van der Waals surface area (Å²) in [6.07, 6.45) is 2.13. The Morgan fingerprint density at radius 3 is 2.66 bits per heavy atom. The number of benzene rings is 1. The fourth-order valence-corrected chi connectivity index (χ4v) is 6.25. The minimum atomic E-state index is -4.37. The summed E-state index contributed by atoms with van der Waals surface area (Å²) in [5.41, 5.74) is 2.35. The van der Waals surface area contributed by atoms with Crippen LogP contribution >= 0.6 is 0 Å². The van der Waals surface area contributed by atoms with Crippen molar-refractivity contribution < 1.29 is 27.4 Å². The van der Waals surface area contributed by atoms with Crippen LogP contribution in [0.5, 0.6) is 0 Å². The quantitative estimate of drug-likeness (QED) is 0.527. The van der Waals surface area contributed by atoms with Gasteiger partial charge in [-0.25, -0.2) is 4.98 Å². The van der Waals surface area contributed by atoms with Crippen LogP contribution in [0.2, 0.25) is 0 Å². The van der Waals surface area contributed by atoms with Gasteiger partial charge in [0.2, 0.25) is 0 Å². The Bertz CT molecular complexity index is 1150. The fourth-order valence-electron chi connectivity index (χ4n) is 6.25. The molecule has 2 aromatic rings. The minimum absolute atomic E-state index is 0.00204. The summed E-state index contributed by atoms with van der Waals surface area (Å²) in [5, 5.41) is 0. The zero-order valence-corrected chi connectivity index (χ0v) is 22.1. The van der Waals surface area contributed by atoms with Crippen molar-refractivity contribution in [3.63, 3.8) is 0 Å². The number of hydrogen-bond donors (Lipinski definition) is 0. The number of likely N-dealkylation sites (tertiary alicyclic amines) is 1. The van der Waals surface area contributed by atoms with Crippen LogP contribution in [0.15, 0.2) is 30.5 Å². The van der Waals surface area contributed by atoms with Gasteiger partial charge in [0.15, 0.2) is 0 Å². The minimum Gasteiger partial charge on any atom is -0.379 e. The number of methoxy groups -OCH3 is 1. The molecule has 0 saturated carbocycles.